The van der Waals surface area contributed by atoms with Crippen molar-refractivity contribution in [1.82, 2.24) is 15.0 Å². The molecular weight excluding hydrogens is 885 g/mol. The number of ether oxygens (including phenoxy) is 2. The molecule has 0 atom stereocenters. The normalized spacial score (nSPS) is 12.7. The summed E-state index contributed by atoms with van der Waals surface area (Å²) in [6, 6.07) is 44.8. The van der Waals surface area contributed by atoms with Crippen LogP contribution < -0.4 is 14.4 Å². The third-order valence-corrected chi connectivity index (χ3v) is 11.3. The maximum Gasteiger partial charge on any atom is 0.339 e. The first-order chi connectivity index (χ1) is 33.5. The molecule has 5 heterocycles. The van der Waals surface area contributed by atoms with Crippen LogP contribution >= 0.6 is 0 Å². The molecule has 0 radical (unpaired) electrons. The molecule has 69 heavy (non-hydrogen) atoms. The van der Waals surface area contributed by atoms with Crippen molar-refractivity contribution in [2.45, 2.75) is 12.8 Å². The molecule has 1 amide bonds. The molecule has 16 nitrogen and oxygen atoms in total. The number of hydrogen-bond acceptors (Lipinski definition) is 12. The molecule has 2 aliphatic heterocycles. The summed E-state index contributed by atoms with van der Waals surface area (Å²) in [7, 11) is 0. The summed E-state index contributed by atoms with van der Waals surface area (Å²) in [5, 5.41) is 27.3. The van der Waals surface area contributed by atoms with Crippen molar-refractivity contribution >= 4 is 62.8 Å². The molecule has 1 fully saturated rings. The average Bonchev–Trinajstić information content (AvgIpc) is 4.24. The zero-order valence-corrected chi connectivity index (χ0v) is 36.1. The fourth-order valence-electron chi connectivity index (χ4n) is 7.78. The van der Waals surface area contributed by atoms with E-state index in [1.807, 2.05) is 84.9 Å². The van der Waals surface area contributed by atoms with Gasteiger partial charge < -0.3 is 42.9 Å². The Kier molecular flexibility index (Phi) is 11.5. The van der Waals surface area contributed by atoms with Gasteiger partial charge in [0.05, 0.1) is 11.1 Å². The van der Waals surface area contributed by atoms with E-state index >= 15 is 0 Å². The van der Waals surface area contributed by atoms with E-state index in [1.165, 1.54) is 30.3 Å². The minimum absolute atomic E-state index is 0.118. The van der Waals surface area contributed by atoms with Crippen LogP contribution in [-0.4, -0.2) is 67.4 Å². The monoisotopic (exact) mass is 920 g/mol. The molecule has 0 spiro atoms. The highest BCUT2D eigenvalue weighted by Crippen LogP contribution is 2.37. The van der Waals surface area contributed by atoms with Gasteiger partial charge in [0.15, 0.2) is 28.2 Å². The number of anilines is 1. The first-order valence-corrected chi connectivity index (χ1v) is 21.4. The topological polar surface area (TPSA) is 229 Å². The standard InChI is InChI=1S/C20H13NO3.C18H14N2O4.C15H9NO5/c22-20(23)16-7-4-8-17-18(16)24-19(21-17)15-11-9-14(10-12-15)13-5-2-1-3-6-13;21-16-2-1-9-20(16)13-6-3-11(4-7-13)17-19-14-10-12(18(22)23)5-8-15(14)24-17;17-15(18)9-2-3-11-10(5-9)16-14(21-11)8-1-4-12-13(6-8)20-7-19-12/h1-12H,(H,22,23);3-8,10H,1-2,9H2,(H,22,23);1-6H,7H2,(H,17,18). The number of carboxylic acids is 3. The van der Waals surface area contributed by atoms with E-state index in [9.17, 15) is 24.3 Å². The Labute approximate surface area is 390 Å². The predicted molar refractivity (Wildman–Crippen MR) is 252 cm³/mol. The molecule has 0 aliphatic carbocycles. The molecule has 12 rings (SSSR count). The second-order valence-electron chi connectivity index (χ2n) is 15.7. The van der Waals surface area contributed by atoms with E-state index in [4.69, 9.17) is 32.9 Å². The van der Waals surface area contributed by atoms with Crippen LogP contribution in [0, 0.1) is 0 Å². The Hall–Kier alpha value is -9.57. The summed E-state index contributed by atoms with van der Waals surface area (Å²) in [6.07, 6.45) is 1.48. The van der Waals surface area contributed by atoms with Crippen molar-refractivity contribution in [3.05, 3.63) is 168 Å². The predicted octanol–water partition coefficient (Wildman–Crippen LogP) is 11.1. The van der Waals surface area contributed by atoms with Gasteiger partial charge in [-0.2, -0.15) is 0 Å². The molecule has 0 saturated carbocycles. The maximum absolute atomic E-state index is 11.8. The molecule has 340 valence electrons. The van der Waals surface area contributed by atoms with Crippen LogP contribution in [0.4, 0.5) is 5.69 Å². The SMILES string of the molecule is O=C(O)c1ccc2oc(-c3ccc(N4CCCC4=O)cc3)nc2c1.O=C(O)c1ccc2oc(-c3ccc4c(c3)OCO4)nc2c1.O=C(O)c1cccc2nc(-c3ccc(-c4ccccc4)cc3)oc12. The fraction of sp³-hybridized carbons (Fsp3) is 0.0755. The second-order valence-corrected chi connectivity index (χ2v) is 15.7. The van der Waals surface area contributed by atoms with E-state index < -0.39 is 17.9 Å². The number of nitrogens with zero attached hydrogens (tertiary/aromatic N) is 4. The van der Waals surface area contributed by atoms with E-state index in [1.54, 1.807) is 41.3 Å². The summed E-state index contributed by atoms with van der Waals surface area (Å²) in [6.45, 7) is 0.952. The summed E-state index contributed by atoms with van der Waals surface area (Å²) >= 11 is 0. The van der Waals surface area contributed by atoms with Crippen molar-refractivity contribution in [2.24, 2.45) is 0 Å². The summed E-state index contributed by atoms with van der Waals surface area (Å²) < 4.78 is 27.6. The molecule has 0 bridgehead atoms. The largest absolute Gasteiger partial charge is 0.478 e. The number of hydrogen-bond donors (Lipinski definition) is 3. The Morgan fingerprint density at radius 2 is 1.04 bits per heavy atom. The van der Waals surface area contributed by atoms with Crippen LogP contribution in [-0.2, 0) is 4.79 Å². The van der Waals surface area contributed by atoms with Gasteiger partial charge in [-0.3, -0.25) is 4.79 Å². The molecule has 0 unspecified atom stereocenters. The molecule has 3 aromatic heterocycles. The van der Waals surface area contributed by atoms with Gasteiger partial charge in [0.25, 0.3) is 0 Å². The molecule has 3 N–H and O–H groups in total. The van der Waals surface area contributed by atoms with Gasteiger partial charge >= 0.3 is 17.9 Å². The summed E-state index contributed by atoms with van der Waals surface area (Å²) in [4.78, 5) is 59.9. The molecular formula is C53H36N4O12. The maximum atomic E-state index is 11.8. The van der Waals surface area contributed by atoms with Crippen molar-refractivity contribution in [3.63, 3.8) is 0 Å². The molecule has 2 aliphatic rings. The number of para-hydroxylation sites is 1. The number of fused-ring (bicyclic) bond motifs is 4. The Bertz CT molecular complexity index is 3580. The minimum atomic E-state index is -1.03. The third kappa shape index (κ3) is 9.04. The lowest BCUT2D eigenvalue weighted by molar-refractivity contribution is -0.117. The Balaban J connectivity index is 0.000000121. The van der Waals surface area contributed by atoms with E-state index in [2.05, 4.69) is 15.0 Å². The summed E-state index contributed by atoms with van der Waals surface area (Å²) in [5.74, 6) is -0.306. The van der Waals surface area contributed by atoms with Gasteiger partial charge in [-0.1, -0.05) is 48.5 Å². The lowest BCUT2D eigenvalue weighted by atomic mass is 10.0. The van der Waals surface area contributed by atoms with Crippen molar-refractivity contribution in [3.8, 4) is 57.0 Å². The first kappa shape index (κ1) is 43.3. The molecule has 1 saturated heterocycles. The zero-order chi connectivity index (χ0) is 47.6. The summed E-state index contributed by atoms with van der Waals surface area (Å²) in [5.41, 5.74) is 8.80. The van der Waals surface area contributed by atoms with Crippen LogP contribution in [0.2, 0.25) is 0 Å². The number of benzene rings is 7. The van der Waals surface area contributed by atoms with E-state index in [0.717, 1.165) is 46.5 Å². The molecule has 7 aromatic carbocycles. The van der Waals surface area contributed by atoms with Crippen LogP contribution in [0.3, 0.4) is 0 Å². The molecule has 10 aromatic rings. The smallest absolute Gasteiger partial charge is 0.339 e. The number of aromatic carboxylic acids is 3. The first-order valence-electron chi connectivity index (χ1n) is 21.4. The fourth-order valence-corrected chi connectivity index (χ4v) is 7.78. The highest BCUT2D eigenvalue weighted by Gasteiger charge is 2.22. The van der Waals surface area contributed by atoms with Gasteiger partial charge in [-0.15, -0.1) is 0 Å². The number of carbonyl (C=O) groups excluding carboxylic acids is 1. The van der Waals surface area contributed by atoms with Gasteiger partial charge in [-0.05, 0) is 121 Å². The van der Waals surface area contributed by atoms with E-state index in [-0.39, 0.29) is 29.4 Å². The number of amides is 1. The van der Waals surface area contributed by atoms with Crippen LogP contribution in [0.25, 0.3) is 78.8 Å². The number of aromatic nitrogens is 3. The van der Waals surface area contributed by atoms with Gasteiger partial charge in [-0.25, -0.2) is 29.3 Å². The van der Waals surface area contributed by atoms with Gasteiger partial charge in [0, 0.05) is 35.3 Å². The molecule has 16 heteroatoms. The second kappa shape index (κ2) is 18.4. The Morgan fingerprint density at radius 3 is 1.65 bits per heavy atom. The lowest BCUT2D eigenvalue weighted by Crippen LogP contribution is -2.23. The average molecular weight is 921 g/mol. The van der Waals surface area contributed by atoms with Gasteiger partial charge in [0.2, 0.25) is 30.4 Å². The lowest BCUT2D eigenvalue weighted by Gasteiger charge is -2.15. The van der Waals surface area contributed by atoms with E-state index in [0.29, 0.717) is 68.9 Å². The quantitative estimate of drug-likeness (QED) is 0.129. The van der Waals surface area contributed by atoms with Crippen LogP contribution in [0.15, 0.2) is 165 Å². The zero-order valence-electron chi connectivity index (χ0n) is 36.1. The minimum Gasteiger partial charge on any atom is -0.478 e. The highest BCUT2D eigenvalue weighted by molar-refractivity contribution is 6.00. The van der Waals surface area contributed by atoms with Gasteiger partial charge in [0.1, 0.15) is 22.1 Å². The Morgan fingerprint density at radius 1 is 0.493 bits per heavy atom. The highest BCUT2D eigenvalue weighted by atomic mass is 16.7. The number of oxazole rings is 3. The third-order valence-electron chi connectivity index (χ3n) is 11.3. The number of carboxylic acid groups (broad SMARTS) is 3. The van der Waals surface area contributed by atoms with Crippen molar-refractivity contribution in [1.29, 1.82) is 0 Å². The number of carbonyl (C=O) groups is 4. The van der Waals surface area contributed by atoms with Crippen LogP contribution in [0.5, 0.6) is 11.5 Å². The van der Waals surface area contributed by atoms with Crippen molar-refractivity contribution < 1.29 is 57.2 Å². The van der Waals surface area contributed by atoms with Crippen LogP contribution in [0.1, 0.15) is 43.9 Å². The number of rotatable bonds is 8. The van der Waals surface area contributed by atoms with Crippen molar-refractivity contribution in [2.75, 3.05) is 18.2 Å².